The van der Waals surface area contributed by atoms with Crippen molar-refractivity contribution in [3.8, 4) is 5.75 Å². The van der Waals surface area contributed by atoms with Gasteiger partial charge in [-0.1, -0.05) is 23.4 Å². The fourth-order valence-corrected chi connectivity index (χ4v) is 2.93. The maximum atomic E-state index is 11.9. The van der Waals surface area contributed by atoms with Crippen LogP contribution >= 0.6 is 0 Å². The minimum absolute atomic E-state index is 0.177. The number of benzene rings is 1. The first kappa shape index (κ1) is 14.2. The standard InChI is InChI=1S/C17H19N3O3/c1-22-14-5-3-2-4-12(14)8-15-18-16(23-19-15)13-9-20(10-13)17(21)11-6-7-11/h2-5,11,13H,6-10H2,1H3. The van der Waals surface area contributed by atoms with Gasteiger partial charge in [-0.05, 0) is 18.9 Å². The Morgan fingerprint density at radius 3 is 2.87 bits per heavy atom. The number of ether oxygens (including phenoxy) is 1. The number of likely N-dealkylation sites (tertiary alicyclic amines) is 1. The topological polar surface area (TPSA) is 68.5 Å². The number of nitrogens with zero attached hydrogens (tertiary/aromatic N) is 3. The first-order chi connectivity index (χ1) is 11.2. The van der Waals surface area contributed by atoms with Gasteiger partial charge in [-0.2, -0.15) is 4.98 Å². The van der Waals surface area contributed by atoms with Gasteiger partial charge in [-0.25, -0.2) is 0 Å². The smallest absolute Gasteiger partial charge is 0.233 e. The highest BCUT2D eigenvalue weighted by Gasteiger charge is 2.41. The summed E-state index contributed by atoms with van der Waals surface area (Å²) in [7, 11) is 1.65. The lowest BCUT2D eigenvalue weighted by molar-refractivity contribution is -0.137. The molecule has 2 fully saturated rings. The van der Waals surface area contributed by atoms with Crippen LogP contribution in [0.2, 0.25) is 0 Å². The van der Waals surface area contributed by atoms with Gasteiger partial charge in [0.1, 0.15) is 5.75 Å². The van der Waals surface area contributed by atoms with E-state index in [4.69, 9.17) is 9.26 Å². The predicted octanol–water partition coefficient (Wildman–Crippen LogP) is 2.00. The molecule has 0 N–H and O–H groups in total. The SMILES string of the molecule is COc1ccccc1Cc1noc(C2CN(C(=O)C3CC3)C2)n1. The van der Waals surface area contributed by atoms with E-state index < -0.39 is 0 Å². The van der Waals surface area contributed by atoms with Crippen LogP contribution in [0, 0.1) is 5.92 Å². The molecule has 6 heteroatoms. The molecule has 6 nitrogen and oxygen atoms in total. The molecule has 0 unspecified atom stereocenters. The molecule has 1 aromatic carbocycles. The summed E-state index contributed by atoms with van der Waals surface area (Å²) in [5, 5.41) is 4.06. The summed E-state index contributed by atoms with van der Waals surface area (Å²) in [5.74, 6) is 2.85. The van der Waals surface area contributed by atoms with Gasteiger partial charge < -0.3 is 14.2 Å². The van der Waals surface area contributed by atoms with Crippen molar-refractivity contribution in [2.75, 3.05) is 20.2 Å². The second-order valence-electron chi connectivity index (χ2n) is 6.25. The maximum absolute atomic E-state index is 11.9. The lowest BCUT2D eigenvalue weighted by Crippen LogP contribution is -2.49. The van der Waals surface area contributed by atoms with Crippen LogP contribution in [0.5, 0.6) is 5.75 Å². The normalized spacial score (nSPS) is 17.9. The van der Waals surface area contributed by atoms with Gasteiger partial charge >= 0.3 is 0 Å². The number of carbonyl (C=O) groups is 1. The van der Waals surface area contributed by atoms with Gasteiger partial charge in [-0.15, -0.1) is 0 Å². The number of methoxy groups -OCH3 is 1. The van der Waals surface area contributed by atoms with Gasteiger partial charge in [0.25, 0.3) is 0 Å². The average molecular weight is 313 g/mol. The van der Waals surface area contributed by atoms with Crippen LogP contribution in [-0.2, 0) is 11.2 Å². The van der Waals surface area contributed by atoms with Crippen molar-refractivity contribution >= 4 is 5.91 Å². The van der Waals surface area contributed by atoms with Crippen molar-refractivity contribution in [2.45, 2.75) is 25.2 Å². The van der Waals surface area contributed by atoms with E-state index in [1.807, 2.05) is 29.2 Å². The van der Waals surface area contributed by atoms with Crippen LogP contribution in [-0.4, -0.2) is 41.1 Å². The van der Waals surface area contributed by atoms with Crippen molar-refractivity contribution < 1.29 is 14.1 Å². The molecular weight excluding hydrogens is 294 g/mol. The Kier molecular flexibility index (Phi) is 3.52. The zero-order valence-electron chi connectivity index (χ0n) is 13.1. The highest BCUT2D eigenvalue weighted by atomic mass is 16.5. The molecule has 1 aliphatic heterocycles. The van der Waals surface area contributed by atoms with Gasteiger partial charge in [0.05, 0.1) is 13.0 Å². The minimum atomic E-state index is 0.177. The van der Waals surface area contributed by atoms with E-state index in [2.05, 4.69) is 10.1 Å². The lowest BCUT2D eigenvalue weighted by Gasteiger charge is -2.37. The first-order valence-electron chi connectivity index (χ1n) is 7.97. The third-order valence-electron chi connectivity index (χ3n) is 4.49. The van der Waals surface area contributed by atoms with E-state index in [1.165, 1.54) is 0 Å². The van der Waals surface area contributed by atoms with E-state index >= 15 is 0 Å². The van der Waals surface area contributed by atoms with Gasteiger partial charge in [0.15, 0.2) is 5.82 Å². The number of para-hydroxylation sites is 1. The van der Waals surface area contributed by atoms with Crippen LogP contribution in [0.1, 0.15) is 36.0 Å². The Bertz CT molecular complexity index is 717. The molecule has 1 saturated heterocycles. The highest BCUT2D eigenvalue weighted by Crippen LogP contribution is 2.35. The summed E-state index contributed by atoms with van der Waals surface area (Å²) in [5.41, 5.74) is 1.03. The second kappa shape index (κ2) is 5.68. The summed E-state index contributed by atoms with van der Waals surface area (Å²) >= 11 is 0. The van der Waals surface area contributed by atoms with E-state index in [-0.39, 0.29) is 17.7 Å². The Balaban J connectivity index is 1.39. The molecule has 0 radical (unpaired) electrons. The van der Waals surface area contributed by atoms with Crippen LogP contribution < -0.4 is 4.74 Å². The lowest BCUT2D eigenvalue weighted by atomic mass is 9.99. The van der Waals surface area contributed by atoms with Crippen molar-refractivity contribution in [3.63, 3.8) is 0 Å². The fraction of sp³-hybridized carbons (Fsp3) is 0.471. The van der Waals surface area contributed by atoms with Gasteiger partial charge in [-0.3, -0.25) is 4.79 Å². The zero-order valence-corrected chi connectivity index (χ0v) is 13.1. The minimum Gasteiger partial charge on any atom is -0.496 e. The largest absolute Gasteiger partial charge is 0.496 e. The zero-order chi connectivity index (χ0) is 15.8. The van der Waals surface area contributed by atoms with E-state index in [9.17, 15) is 4.79 Å². The Labute approximate surface area is 134 Å². The van der Waals surface area contributed by atoms with E-state index in [0.717, 1.165) is 24.2 Å². The summed E-state index contributed by atoms with van der Waals surface area (Å²) in [6.07, 6.45) is 2.66. The van der Waals surface area contributed by atoms with Crippen molar-refractivity contribution in [3.05, 3.63) is 41.5 Å². The molecule has 1 aromatic heterocycles. The van der Waals surface area contributed by atoms with Crippen molar-refractivity contribution in [2.24, 2.45) is 5.92 Å². The Morgan fingerprint density at radius 2 is 2.13 bits per heavy atom. The molecule has 2 aliphatic rings. The maximum Gasteiger partial charge on any atom is 0.233 e. The summed E-state index contributed by atoms with van der Waals surface area (Å²) < 4.78 is 10.7. The molecule has 2 heterocycles. The number of aromatic nitrogens is 2. The molecule has 0 spiro atoms. The molecule has 2 aromatic rings. The summed E-state index contributed by atoms with van der Waals surface area (Å²) in [4.78, 5) is 18.3. The predicted molar refractivity (Wildman–Crippen MR) is 82.1 cm³/mol. The number of hydrogen-bond donors (Lipinski definition) is 0. The monoisotopic (exact) mass is 313 g/mol. The van der Waals surface area contributed by atoms with E-state index in [0.29, 0.717) is 31.2 Å². The van der Waals surface area contributed by atoms with Crippen LogP contribution in [0.3, 0.4) is 0 Å². The molecule has 4 rings (SSSR count). The van der Waals surface area contributed by atoms with Crippen molar-refractivity contribution in [1.82, 2.24) is 15.0 Å². The highest BCUT2D eigenvalue weighted by molar-refractivity contribution is 5.81. The molecule has 23 heavy (non-hydrogen) atoms. The fourth-order valence-electron chi connectivity index (χ4n) is 2.93. The third kappa shape index (κ3) is 2.81. The van der Waals surface area contributed by atoms with Crippen molar-refractivity contribution in [1.29, 1.82) is 0 Å². The van der Waals surface area contributed by atoms with Crippen LogP contribution in [0.15, 0.2) is 28.8 Å². The van der Waals surface area contributed by atoms with Crippen LogP contribution in [0.4, 0.5) is 0 Å². The van der Waals surface area contributed by atoms with Crippen LogP contribution in [0.25, 0.3) is 0 Å². The van der Waals surface area contributed by atoms with E-state index in [1.54, 1.807) is 7.11 Å². The molecule has 120 valence electrons. The number of hydrogen-bond acceptors (Lipinski definition) is 5. The quantitative estimate of drug-likeness (QED) is 0.844. The molecule has 0 bridgehead atoms. The number of carbonyl (C=O) groups excluding carboxylic acids is 1. The third-order valence-corrected chi connectivity index (χ3v) is 4.49. The van der Waals surface area contributed by atoms with Gasteiger partial charge in [0.2, 0.25) is 11.8 Å². The molecule has 1 aliphatic carbocycles. The molecular formula is C17H19N3O3. The Morgan fingerprint density at radius 1 is 1.35 bits per heavy atom. The number of amides is 1. The van der Waals surface area contributed by atoms with Gasteiger partial charge in [0, 0.05) is 31.0 Å². The Hall–Kier alpha value is -2.37. The first-order valence-corrected chi connectivity index (χ1v) is 7.97. The second-order valence-corrected chi connectivity index (χ2v) is 6.25. The summed E-state index contributed by atoms with van der Waals surface area (Å²) in [6, 6.07) is 7.81. The average Bonchev–Trinajstić information content (AvgIpc) is 3.28. The number of rotatable bonds is 5. The molecule has 1 saturated carbocycles. The summed E-state index contributed by atoms with van der Waals surface area (Å²) in [6.45, 7) is 1.40. The molecule has 0 atom stereocenters. The molecule has 1 amide bonds.